The molecule has 0 atom stereocenters. The number of hydrogen-bond acceptors (Lipinski definition) is 3. The maximum atomic E-state index is 8.84. The summed E-state index contributed by atoms with van der Waals surface area (Å²) in [5.74, 6) is 1.61. The molecule has 0 amide bonds. The number of rotatable bonds is 5. The van der Waals surface area contributed by atoms with Crippen LogP contribution in [-0.2, 0) is 0 Å². The van der Waals surface area contributed by atoms with Gasteiger partial charge in [0.15, 0.2) is 0 Å². The highest BCUT2D eigenvalue weighted by atomic mass is 16.5. The second-order valence-corrected chi connectivity index (χ2v) is 4.27. The van der Waals surface area contributed by atoms with Gasteiger partial charge in [0.1, 0.15) is 11.5 Å². The molecule has 86 valence electrons. The van der Waals surface area contributed by atoms with Gasteiger partial charge >= 0.3 is 0 Å². The van der Waals surface area contributed by atoms with Crippen molar-refractivity contribution in [1.29, 1.82) is 5.26 Å². The standard InChI is InChI=1S/C13H17NO2/c1-13(2,10-14)8-9-16-12-6-4-11(15-3)5-7-12/h4-7H,8-9H2,1-3H3. The first-order valence-electron chi connectivity index (χ1n) is 5.25. The molecule has 0 N–H and O–H groups in total. The third-order valence-corrected chi connectivity index (χ3v) is 2.36. The van der Waals surface area contributed by atoms with E-state index in [2.05, 4.69) is 6.07 Å². The molecule has 1 rings (SSSR count). The summed E-state index contributed by atoms with van der Waals surface area (Å²) in [7, 11) is 1.63. The van der Waals surface area contributed by atoms with Crippen molar-refractivity contribution >= 4 is 0 Å². The summed E-state index contributed by atoms with van der Waals surface area (Å²) in [5, 5.41) is 8.84. The molecule has 1 aromatic carbocycles. The Labute approximate surface area is 96.6 Å². The molecule has 0 aliphatic heterocycles. The van der Waals surface area contributed by atoms with E-state index in [4.69, 9.17) is 14.7 Å². The summed E-state index contributed by atoms with van der Waals surface area (Å²) in [5.41, 5.74) is -0.327. The van der Waals surface area contributed by atoms with Crippen LogP contribution in [0.25, 0.3) is 0 Å². The maximum absolute atomic E-state index is 8.84. The zero-order chi connectivity index (χ0) is 12.0. The lowest BCUT2D eigenvalue weighted by Gasteiger charge is -2.15. The van der Waals surface area contributed by atoms with Crippen LogP contribution >= 0.6 is 0 Å². The van der Waals surface area contributed by atoms with Gasteiger partial charge in [0.25, 0.3) is 0 Å². The molecule has 0 saturated carbocycles. The van der Waals surface area contributed by atoms with E-state index in [0.29, 0.717) is 6.61 Å². The summed E-state index contributed by atoms with van der Waals surface area (Å²) in [4.78, 5) is 0. The molecule has 0 aromatic heterocycles. The van der Waals surface area contributed by atoms with Crippen molar-refractivity contribution in [3.8, 4) is 17.6 Å². The number of nitrogens with zero attached hydrogens (tertiary/aromatic N) is 1. The third-order valence-electron chi connectivity index (χ3n) is 2.36. The van der Waals surface area contributed by atoms with E-state index in [1.165, 1.54) is 0 Å². The van der Waals surface area contributed by atoms with Gasteiger partial charge < -0.3 is 9.47 Å². The van der Waals surface area contributed by atoms with E-state index in [-0.39, 0.29) is 5.41 Å². The van der Waals surface area contributed by atoms with Crippen LogP contribution in [0, 0.1) is 16.7 Å². The minimum absolute atomic E-state index is 0.327. The highest BCUT2D eigenvalue weighted by Gasteiger charge is 2.16. The van der Waals surface area contributed by atoms with Crippen LogP contribution in [0.4, 0.5) is 0 Å². The van der Waals surface area contributed by atoms with Gasteiger partial charge in [0.2, 0.25) is 0 Å². The monoisotopic (exact) mass is 219 g/mol. The number of methoxy groups -OCH3 is 1. The van der Waals surface area contributed by atoms with Gasteiger partial charge in [-0.1, -0.05) is 0 Å². The molecule has 0 radical (unpaired) electrons. The van der Waals surface area contributed by atoms with Gasteiger partial charge in [-0.2, -0.15) is 5.26 Å². The molecule has 0 bridgehead atoms. The number of benzene rings is 1. The second kappa shape index (κ2) is 5.41. The predicted octanol–water partition coefficient (Wildman–Crippen LogP) is 3.01. The molecule has 1 aromatic rings. The first-order valence-corrected chi connectivity index (χ1v) is 5.25. The highest BCUT2D eigenvalue weighted by molar-refractivity contribution is 5.31. The SMILES string of the molecule is COc1ccc(OCCC(C)(C)C#N)cc1. The highest BCUT2D eigenvalue weighted by Crippen LogP contribution is 2.21. The Hall–Kier alpha value is -1.69. The molecule has 0 heterocycles. The molecule has 0 aliphatic carbocycles. The Bertz CT molecular complexity index is 363. The van der Waals surface area contributed by atoms with Crippen molar-refractivity contribution in [1.82, 2.24) is 0 Å². The molecule has 0 unspecified atom stereocenters. The zero-order valence-corrected chi connectivity index (χ0v) is 9.99. The van der Waals surface area contributed by atoms with Crippen LogP contribution in [0.5, 0.6) is 11.5 Å². The Morgan fingerprint density at radius 3 is 2.25 bits per heavy atom. The lowest BCUT2D eigenvalue weighted by molar-refractivity contribution is 0.264. The topological polar surface area (TPSA) is 42.2 Å². The van der Waals surface area contributed by atoms with E-state index in [9.17, 15) is 0 Å². The zero-order valence-electron chi connectivity index (χ0n) is 9.99. The summed E-state index contributed by atoms with van der Waals surface area (Å²) in [6, 6.07) is 9.67. The second-order valence-electron chi connectivity index (χ2n) is 4.27. The fourth-order valence-corrected chi connectivity index (χ4v) is 1.15. The van der Waals surface area contributed by atoms with Crippen molar-refractivity contribution in [3.05, 3.63) is 24.3 Å². The van der Waals surface area contributed by atoms with Gasteiger partial charge in [-0.15, -0.1) is 0 Å². The van der Waals surface area contributed by atoms with Gasteiger partial charge in [-0.3, -0.25) is 0 Å². The summed E-state index contributed by atoms with van der Waals surface area (Å²) < 4.78 is 10.6. The van der Waals surface area contributed by atoms with Gasteiger partial charge in [0.05, 0.1) is 25.2 Å². The van der Waals surface area contributed by atoms with Crippen LogP contribution < -0.4 is 9.47 Å². The molecule has 3 heteroatoms. The lowest BCUT2D eigenvalue weighted by atomic mass is 9.92. The molecule has 16 heavy (non-hydrogen) atoms. The maximum Gasteiger partial charge on any atom is 0.119 e. The number of nitriles is 1. The molecule has 0 spiro atoms. The van der Waals surface area contributed by atoms with Crippen LogP contribution in [0.3, 0.4) is 0 Å². The first kappa shape index (κ1) is 12.4. The Kier molecular flexibility index (Phi) is 4.19. The lowest BCUT2D eigenvalue weighted by Crippen LogP contribution is -2.13. The van der Waals surface area contributed by atoms with Crippen molar-refractivity contribution in [2.45, 2.75) is 20.3 Å². The normalized spacial score (nSPS) is 10.6. The Balaban J connectivity index is 2.41. The van der Waals surface area contributed by atoms with Crippen molar-refractivity contribution in [3.63, 3.8) is 0 Å². The first-order chi connectivity index (χ1) is 7.57. The smallest absolute Gasteiger partial charge is 0.119 e. The van der Waals surface area contributed by atoms with E-state index in [1.807, 2.05) is 38.1 Å². The summed E-state index contributed by atoms with van der Waals surface area (Å²) >= 11 is 0. The third kappa shape index (κ3) is 3.82. The van der Waals surface area contributed by atoms with Crippen LogP contribution in [0.2, 0.25) is 0 Å². The summed E-state index contributed by atoms with van der Waals surface area (Å²) in [6.45, 7) is 4.36. The van der Waals surface area contributed by atoms with E-state index in [0.717, 1.165) is 17.9 Å². The van der Waals surface area contributed by atoms with Crippen molar-refractivity contribution in [2.75, 3.05) is 13.7 Å². The average Bonchev–Trinajstić information content (AvgIpc) is 2.30. The summed E-state index contributed by atoms with van der Waals surface area (Å²) in [6.07, 6.45) is 0.718. The van der Waals surface area contributed by atoms with Crippen LogP contribution in [-0.4, -0.2) is 13.7 Å². The molecular formula is C13H17NO2. The van der Waals surface area contributed by atoms with E-state index < -0.39 is 0 Å². The predicted molar refractivity (Wildman–Crippen MR) is 62.5 cm³/mol. The Morgan fingerprint density at radius 2 is 1.75 bits per heavy atom. The number of ether oxygens (including phenoxy) is 2. The minimum atomic E-state index is -0.327. The molecule has 0 aliphatic rings. The van der Waals surface area contributed by atoms with Gasteiger partial charge in [0, 0.05) is 0 Å². The molecule has 3 nitrogen and oxygen atoms in total. The minimum Gasteiger partial charge on any atom is -0.497 e. The van der Waals surface area contributed by atoms with E-state index in [1.54, 1.807) is 7.11 Å². The molecule has 0 fully saturated rings. The molecular weight excluding hydrogens is 202 g/mol. The largest absolute Gasteiger partial charge is 0.497 e. The van der Waals surface area contributed by atoms with Crippen molar-refractivity contribution < 1.29 is 9.47 Å². The van der Waals surface area contributed by atoms with Crippen LogP contribution in [0.1, 0.15) is 20.3 Å². The Morgan fingerprint density at radius 1 is 1.19 bits per heavy atom. The van der Waals surface area contributed by atoms with Gasteiger partial charge in [-0.05, 0) is 44.5 Å². The fraction of sp³-hybridized carbons (Fsp3) is 0.462. The quantitative estimate of drug-likeness (QED) is 0.764. The molecule has 0 saturated heterocycles. The number of hydrogen-bond donors (Lipinski definition) is 0. The van der Waals surface area contributed by atoms with Gasteiger partial charge in [-0.25, -0.2) is 0 Å². The average molecular weight is 219 g/mol. The van der Waals surface area contributed by atoms with E-state index >= 15 is 0 Å². The van der Waals surface area contributed by atoms with Crippen molar-refractivity contribution in [2.24, 2.45) is 5.41 Å². The van der Waals surface area contributed by atoms with Crippen LogP contribution in [0.15, 0.2) is 24.3 Å². The fourth-order valence-electron chi connectivity index (χ4n) is 1.15.